The molecule has 46 heavy (non-hydrogen) atoms. The summed E-state index contributed by atoms with van der Waals surface area (Å²) in [5.74, 6) is 0.347. The van der Waals surface area contributed by atoms with Gasteiger partial charge in [-0.05, 0) is 96.4 Å². The number of ether oxygens (including phenoxy) is 2. The lowest BCUT2D eigenvalue weighted by atomic mass is 9.90. The van der Waals surface area contributed by atoms with E-state index in [9.17, 15) is 4.79 Å². The van der Waals surface area contributed by atoms with E-state index >= 15 is 4.39 Å². The summed E-state index contributed by atoms with van der Waals surface area (Å²) in [6.45, 7) is 15.8. The van der Waals surface area contributed by atoms with Gasteiger partial charge in [0, 0.05) is 24.8 Å². The summed E-state index contributed by atoms with van der Waals surface area (Å²) < 4.78 is 29.0. The minimum absolute atomic E-state index is 0.00626. The summed E-state index contributed by atoms with van der Waals surface area (Å²) in [5, 5.41) is 0.555. The molecule has 4 aliphatic heterocycles. The zero-order valence-electron chi connectivity index (χ0n) is 28.1. The number of hydrogen-bond donors (Lipinski definition) is 0. The van der Waals surface area contributed by atoms with Crippen LogP contribution in [-0.2, 0) is 4.74 Å². The van der Waals surface area contributed by atoms with Crippen molar-refractivity contribution in [3.8, 4) is 17.3 Å². The number of piperazine rings is 1. The van der Waals surface area contributed by atoms with E-state index in [0.717, 1.165) is 68.3 Å². The SMILES string of the molecule is Cc1cccc(-c2ncc3c(N4C[C@H]5CC[C@@H](C4)N5C(=O)OC(C)(C)C)nc(OCC45CCCN4CCC5)nc3c2F)c1C(C)C. The van der Waals surface area contributed by atoms with Crippen LogP contribution < -0.4 is 9.64 Å². The maximum atomic E-state index is 16.8. The number of carbonyl (C=O) groups is 1. The molecule has 1 amide bonds. The number of fused-ring (bicyclic) bond motifs is 4. The fraction of sp³-hybridized carbons (Fsp3) is 0.611. The number of aromatic nitrogens is 3. The number of halogens is 1. The molecule has 7 rings (SSSR count). The molecule has 0 radical (unpaired) electrons. The van der Waals surface area contributed by atoms with Gasteiger partial charge in [-0.25, -0.2) is 9.18 Å². The third-order valence-corrected chi connectivity index (χ3v) is 10.5. The van der Waals surface area contributed by atoms with Gasteiger partial charge >= 0.3 is 12.1 Å². The topological polar surface area (TPSA) is 83.9 Å². The first kappa shape index (κ1) is 31.1. The van der Waals surface area contributed by atoms with Gasteiger partial charge in [0.25, 0.3) is 0 Å². The van der Waals surface area contributed by atoms with E-state index in [1.165, 1.54) is 0 Å². The van der Waals surface area contributed by atoms with Gasteiger partial charge in [0.05, 0.1) is 23.0 Å². The third-order valence-electron chi connectivity index (χ3n) is 10.5. The molecule has 2 aromatic heterocycles. The Hall–Kier alpha value is -3.53. The number of nitrogens with zero attached hydrogens (tertiary/aromatic N) is 6. The molecule has 2 atom stereocenters. The standard InChI is InChI=1S/C36H47FN6O3/c1-22(2)28-23(3)10-7-11-26(28)30-29(37)31-27(18-38-30)32(40-33(39-31)45-21-36-14-8-16-42(36)17-9-15-36)41-19-24-12-13-25(20-41)43(24)34(44)46-35(4,5)6/h7,10-11,18,22,24-25H,8-9,12-17,19-21H2,1-6H3/t24-,25+. The van der Waals surface area contributed by atoms with Crippen LogP contribution >= 0.6 is 0 Å². The monoisotopic (exact) mass is 630 g/mol. The van der Waals surface area contributed by atoms with E-state index in [2.05, 4.69) is 36.6 Å². The highest BCUT2D eigenvalue weighted by atomic mass is 19.1. The van der Waals surface area contributed by atoms with Crippen molar-refractivity contribution in [3.63, 3.8) is 0 Å². The molecule has 0 saturated carbocycles. The number of rotatable bonds is 6. The molecule has 6 heterocycles. The van der Waals surface area contributed by atoms with Crippen LogP contribution in [0.1, 0.15) is 90.2 Å². The normalized spacial score (nSPS) is 22.6. The predicted octanol–water partition coefficient (Wildman–Crippen LogP) is 6.86. The number of pyridine rings is 1. The van der Waals surface area contributed by atoms with Crippen molar-refractivity contribution in [1.82, 2.24) is 24.8 Å². The van der Waals surface area contributed by atoms with Crippen LogP contribution in [0.3, 0.4) is 0 Å². The van der Waals surface area contributed by atoms with E-state index in [1.807, 2.05) is 37.8 Å². The summed E-state index contributed by atoms with van der Waals surface area (Å²) in [6.07, 6.45) is 7.72. The predicted molar refractivity (Wildman–Crippen MR) is 177 cm³/mol. The Morgan fingerprint density at radius 3 is 2.43 bits per heavy atom. The molecule has 0 N–H and O–H groups in total. The first-order valence-electron chi connectivity index (χ1n) is 17.0. The smallest absolute Gasteiger partial charge is 0.410 e. The molecule has 0 aliphatic carbocycles. The third kappa shape index (κ3) is 5.46. The molecule has 1 aromatic carbocycles. The highest BCUT2D eigenvalue weighted by Crippen LogP contribution is 2.41. The fourth-order valence-corrected chi connectivity index (χ4v) is 8.52. The zero-order valence-corrected chi connectivity index (χ0v) is 28.1. The minimum Gasteiger partial charge on any atom is -0.461 e. The molecular weight excluding hydrogens is 583 g/mol. The van der Waals surface area contributed by atoms with Crippen LogP contribution in [0, 0.1) is 12.7 Å². The maximum absolute atomic E-state index is 16.8. The second-order valence-electron chi connectivity index (χ2n) is 15.1. The molecule has 0 spiro atoms. The number of benzene rings is 1. The second-order valence-corrected chi connectivity index (χ2v) is 15.1. The van der Waals surface area contributed by atoms with Crippen molar-refractivity contribution in [2.75, 3.05) is 37.7 Å². The summed E-state index contributed by atoms with van der Waals surface area (Å²) in [4.78, 5) is 34.2. The number of anilines is 1. The first-order chi connectivity index (χ1) is 21.9. The summed E-state index contributed by atoms with van der Waals surface area (Å²) >= 11 is 0. The van der Waals surface area contributed by atoms with Gasteiger partial charge in [0.1, 0.15) is 29.2 Å². The summed E-state index contributed by atoms with van der Waals surface area (Å²) in [5.41, 5.74) is 2.92. The molecule has 0 unspecified atom stereocenters. The van der Waals surface area contributed by atoms with Crippen LogP contribution in [0.25, 0.3) is 22.2 Å². The zero-order chi connectivity index (χ0) is 32.4. The molecule has 246 valence electrons. The Balaban J connectivity index is 1.28. The summed E-state index contributed by atoms with van der Waals surface area (Å²) in [7, 11) is 0. The maximum Gasteiger partial charge on any atom is 0.410 e. The lowest BCUT2D eigenvalue weighted by Gasteiger charge is -2.42. The lowest BCUT2D eigenvalue weighted by molar-refractivity contribution is 0.0122. The van der Waals surface area contributed by atoms with Crippen LogP contribution in [0.2, 0.25) is 0 Å². The van der Waals surface area contributed by atoms with Crippen molar-refractivity contribution < 1.29 is 18.7 Å². The number of carbonyl (C=O) groups excluding carboxylic acids is 1. The van der Waals surface area contributed by atoms with Crippen LogP contribution in [-0.4, -0.2) is 86.9 Å². The average Bonchev–Trinajstić information content (AvgIpc) is 3.65. The minimum atomic E-state index is -0.565. The Bertz CT molecular complexity index is 1630. The largest absolute Gasteiger partial charge is 0.461 e. The van der Waals surface area contributed by atoms with Crippen molar-refractivity contribution in [3.05, 3.63) is 41.3 Å². The lowest BCUT2D eigenvalue weighted by Crippen LogP contribution is -2.57. The van der Waals surface area contributed by atoms with Crippen molar-refractivity contribution >= 4 is 22.8 Å². The molecule has 10 heteroatoms. The quantitative estimate of drug-likeness (QED) is 0.292. The average molecular weight is 631 g/mol. The van der Waals surface area contributed by atoms with Gasteiger partial charge in [0.2, 0.25) is 0 Å². The number of aryl methyl sites for hydroxylation is 1. The van der Waals surface area contributed by atoms with Gasteiger partial charge < -0.3 is 14.4 Å². The van der Waals surface area contributed by atoms with Crippen molar-refractivity contribution in [1.29, 1.82) is 0 Å². The van der Waals surface area contributed by atoms with E-state index in [4.69, 9.17) is 24.4 Å². The highest BCUT2D eigenvalue weighted by Gasteiger charge is 2.46. The first-order valence-corrected chi connectivity index (χ1v) is 17.0. The van der Waals surface area contributed by atoms with Crippen LogP contribution in [0.15, 0.2) is 24.4 Å². The molecule has 2 bridgehead atoms. The van der Waals surface area contributed by atoms with Gasteiger partial charge in [0.15, 0.2) is 5.82 Å². The van der Waals surface area contributed by atoms with Gasteiger partial charge in [-0.3, -0.25) is 14.8 Å². The van der Waals surface area contributed by atoms with E-state index in [0.29, 0.717) is 36.6 Å². The van der Waals surface area contributed by atoms with Gasteiger partial charge in [-0.15, -0.1) is 0 Å². The highest BCUT2D eigenvalue weighted by molar-refractivity contribution is 5.92. The molecule has 9 nitrogen and oxygen atoms in total. The molecule has 4 aliphatic rings. The molecule has 4 fully saturated rings. The molecular formula is C36H47FN6O3. The van der Waals surface area contributed by atoms with E-state index in [1.54, 1.807) is 6.20 Å². The van der Waals surface area contributed by atoms with Gasteiger partial charge in [-0.2, -0.15) is 9.97 Å². The van der Waals surface area contributed by atoms with Crippen molar-refractivity contribution in [2.45, 2.75) is 109 Å². The molecule has 3 aromatic rings. The van der Waals surface area contributed by atoms with Crippen LogP contribution in [0.5, 0.6) is 6.01 Å². The number of hydrogen-bond acceptors (Lipinski definition) is 8. The molecule has 4 saturated heterocycles. The Labute approximate surface area is 271 Å². The summed E-state index contributed by atoms with van der Waals surface area (Å²) in [6, 6.07) is 6.11. The second kappa shape index (κ2) is 11.6. The number of amides is 1. The van der Waals surface area contributed by atoms with Crippen LogP contribution in [0.4, 0.5) is 15.0 Å². The Morgan fingerprint density at radius 1 is 1.09 bits per heavy atom. The van der Waals surface area contributed by atoms with Crippen molar-refractivity contribution in [2.24, 2.45) is 0 Å². The van der Waals surface area contributed by atoms with E-state index in [-0.39, 0.29) is 41.2 Å². The van der Waals surface area contributed by atoms with Gasteiger partial charge in [-0.1, -0.05) is 32.0 Å². The fourth-order valence-electron chi connectivity index (χ4n) is 8.52. The Kier molecular flexibility index (Phi) is 7.85. The van der Waals surface area contributed by atoms with E-state index < -0.39 is 11.4 Å². The Morgan fingerprint density at radius 2 is 1.78 bits per heavy atom.